The average Bonchev–Trinajstić information content (AvgIpc) is 2.94. The first-order chi connectivity index (χ1) is 11.3. The molecule has 140 valence electrons. The Morgan fingerprint density at radius 3 is 2.40 bits per heavy atom. The molecule has 1 aromatic carbocycles. The van der Waals surface area contributed by atoms with Crippen LogP contribution in [0.1, 0.15) is 32.8 Å². The van der Waals surface area contributed by atoms with E-state index in [2.05, 4.69) is 12.1 Å². The molecule has 25 heavy (non-hydrogen) atoms. The first kappa shape index (κ1) is 21.5. The van der Waals surface area contributed by atoms with E-state index in [-0.39, 0.29) is 35.7 Å². The predicted octanol–water partition coefficient (Wildman–Crippen LogP) is 2.09. The zero-order valence-corrected chi connectivity index (χ0v) is 16.2. The van der Waals surface area contributed by atoms with Crippen LogP contribution in [0.4, 0.5) is 0 Å². The van der Waals surface area contributed by atoms with Gasteiger partial charge in [0.1, 0.15) is 0 Å². The maximum absolute atomic E-state index is 12.9. The molecule has 2 rings (SSSR count). The number of hydrogen-bond acceptors (Lipinski definition) is 3. The van der Waals surface area contributed by atoms with Gasteiger partial charge in [0, 0.05) is 38.1 Å². The minimum absolute atomic E-state index is 0. The molecule has 0 bridgehead atoms. The predicted molar refractivity (Wildman–Crippen MR) is 103 cm³/mol. The minimum atomic E-state index is -0.251. The Morgan fingerprint density at radius 2 is 1.88 bits per heavy atom. The Kier molecular flexibility index (Phi) is 7.90. The lowest BCUT2D eigenvalue weighted by Gasteiger charge is -2.32. The first-order valence-corrected chi connectivity index (χ1v) is 8.66. The van der Waals surface area contributed by atoms with Crippen molar-refractivity contribution in [3.05, 3.63) is 35.9 Å². The summed E-state index contributed by atoms with van der Waals surface area (Å²) in [6.07, 6.45) is 1.11. The van der Waals surface area contributed by atoms with Crippen molar-refractivity contribution >= 4 is 24.2 Å². The lowest BCUT2D eigenvalue weighted by atomic mass is 10.1. The fourth-order valence-corrected chi connectivity index (χ4v) is 3.18. The van der Waals surface area contributed by atoms with Gasteiger partial charge in [0.2, 0.25) is 11.8 Å². The Balaban J connectivity index is 0.00000312. The molecule has 1 saturated heterocycles. The van der Waals surface area contributed by atoms with Crippen molar-refractivity contribution in [1.82, 2.24) is 9.80 Å². The number of hydrogen-bond donors (Lipinski definition) is 1. The van der Waals surface area contributed by atoms with E-state index in [0.29, 0.717) is 32.6 Å². The molecule has 1 aromatic rings. The fraction of sp³-hybridized carbons (Fsp3) is 0.579. The van der Waals surface area contributed by atoms with E-state index in [1.54, 1.807) is 0 Å². The maximum atomic E-state index is 12.9. The number of likely N-dealkylation sites (tertiary alicyclic amines) is 1. The molecular formula is C19H30ClN3O2. The highest BCUT2D eigenvalue weighted by molar-refractivity contribution is 5.89. The van der Waals surface area contributed by atoms with Gasteiger partial charge in [-0.2, -0.15) is 0 Å². The molecule has 2 amide bonds. The van der Waals surface area contributed by atoms with E-state index in [1.165, 1.54) is 5.56 Å². The van der Waals surface area contributed by atoms with Crippen molar-refractivity contribution in [2.24, 2.45) is 11.7 Å². The average molecular weight is 368 g/mol. The molecule has 1 heterocycles. The zero-order chi connectivity index (χ0) is 17.7. The van der Waals surface area contributed by atoms with Crippen LogP contribution in [0.15, 0.2) is 30.3 Å². The van der Waals surface area contributed by atoms with Gasteiger partial charge in [-0.25, -0.2) is 0 Å². The van der Waals surface area contributed by atoms with Crippen LogP contribution >= 0.6 is 12.4 Å². The molecule has 0 aliphatic carbocycles. The van der Waals surface area contributed by atoms with Crippen molar-refractivity contribution in [2.75, 3.05) is 26.2 Å². The monoisotopic (exact) mass is 367 g/mol. The summed E-state index contributed by atoms with van der Waals surface area (Å²) in [5.41, 5.74) is 6.65. The van der Waals surface area contributed by atoms with Crippen LogP contribution in [0.5, 0.6) is 0 Å². The second-order valence-corrected chi connectivity index (χ2v) is 7.43. The van der Waals surface area contributed by atoms with E-state index in [4.69, 9.17) is 5.73 Å². The highest BCUT2D eigenvalue weighted by atomic mass is 35.5. The Bertz CT molecular complexity index is 572. The molecular weight excluding hydrogens is 338 g/mol. The molecule has 1 aliphatic heterocycles. The van der Waals surface area contributed by atoms with Crippen molar-refractivity contribution in [1.29, 1.82) is 0 Å². The smallest absolute Gasteiger partial charge is 0.228 e. The summed E-state index contributed by atoms with van der Waals surface area (Å²) in [7, 11) is 0. The lowest BCUT2D eigenvalue weighted by Crippen LogP contribution is -2.44. The van der Waals surface area contributed by atoms with Crippen LogP contribution in [-0.4, -0.2) is 53.3 Å². The third-order valence-electron chi connectivity index (χ3n) is 4.51. The second kappa shape index (κ2) is 9.20. The molecule has 0 aromatic heterocycles. The SMILES string of the molecule is CC(C)(C)N1CC(C(=O)N(CCN)CCc2ccccc2)CC1=O.Cl. The van der Waals surface area contributed by atoms with Gasteiger partial charge in [-0.3, -0.25) is 9.59 Å². The summed E-state index contributed by atoms with van der Waals surface area (Å²) in [4.78, 5) is 28.7. The largest absolute Gasteiger partial charge is 0.341 e. The second-order valence-electron chi connectivity index (χ2n) is 7.43. The number of carbonyl (C=O) groups excluding carboxylic acids is 2. The van der Waals surface area contributed by atoms with Gasteiger partial charge in [0.25, 0.3) is 0 Å². The molecule has 1 fully saturated rings. The Hall–Kier alpha value is -1.59. The third kappa shape index (κ3) is 5.72. The topological polar surface area (TPSA) is 66.6 Å². The zero-order valence-electron chi connectivity index (χ0n) is 15.4. The van der Waals surface area contributed by atoms with Crippen molar-refractivity contribution < 1.29 is 9.59 Å². The number of amides is 2. The number of rotatable bonds is 6. The fourth-order valence-electron chi connectivity index (χ4n) is 3.18. The minimum Gasteiger partial charge on any atom is -0.341 e. The summed E-state index contributed by atoms with van der Waals surface area (Å²) < 4.78 is 0. The molecule has 5 nitrogen and oxygen atoms in total. The van der Waals surface area contributed by atoms with E-state index in [0.717, 1.165) is 6.42 Å². The maximum Gasteiger partial charge on any atom is 0.228 e. The van der Waals surface area contributed by atoms with E-state index < -0.39 is 0 Å². The van der Waals surface area contributed by atoms with Gasteiger partial charge in [-0.1, -0.05) is 30.3 Å². The third-order valence-corrected chi connectivity index (χ3v) is 4.51. The molecule has 0 saturated carbocycles. The summed E-state index contributed by atoms with van der Waals surface area (Å²) in [6.45, 7) is 8.13. The molecule has 1 atom stereocenters. The van der Waals surface area contributed by atoms with Gasteiger partial charge in [-0.15, -0.1) is 12.4 Å². The van der Waals surface area contributed by atoms with E-state index in [9.17, 15) is 9.59 Å². The van der Waals surface area contributed by atoms with Crippen molar-refractivity contribution in [2.45, 2.75) is 39.2 Å². The lowest BCUT2D eigenvalue weighted by molar-refractivity contribution is -0.135. The highest BCUT2D eigenvalue weighted by Crippen LogP contribution is 2.27. The normalized spacial score (nSPS) is 17.4. The Labute approximate surface area is 157 Å². The number of nitrogens with zero attached hydrogens (tertiary/aromatic N) is 2. The summed E-state index contributed by atoms with van der Waals surface area (Å²) >= 11 is 0. The van der Waals surface area contributed by atoms with Gasteiger partial charge in [-0.05, 0) is 32.8 Å². The Morgan fingerprint density at radius 1 is 1.24 bits per heavy atom. The highest BCUT2D eigenvalue weighted by Gasteiger charge is 2.40. The van der Waals surface area contributed by atoms with Crippen LogP contribution in [0.2, 0.25) is 0 Å². The van der Waals surface area contributed by atoms with Gasteiger partial charge in [0.05, 0.1) is 5.92 Å². The molecule has 2 N–H and O–H groups in total. The van der Waals surface area contributed by atoms with Gasteiger partial charge >= 0.3 is 0 Å². The number of nitrogens with two attached hydrogens (primary N) is 1. The molecule has 6 heteroatoms. The van der Waals surface area contributed by atoms with Gasteiger partial charge < -0.3 is 15.5 Å². The molecule has 1 aliphatic rings. The van der Waals surface area contributed by atoms with Crippen LogP contribution in [0, 0.1) is 5.92 Å². The summed E-state index contributed by atoms with van der Waals surface area (Å²) in [6, 6.07) is 10.1. The van der Waals surface area contributed by atoms with Crippen molar-refractivity contribution in [3.8, 4) is 0 Å². The van der Waals surface area contributed by atoms with E-state index >= 15 is 0 Å². The summed E-state index contributed by atoms with van der Waals surface area (Å²) in [5, 5.41) is 0. The van der Waals surface area contributed by atoms with Crippen LogP contribution in [-0.2, 0) is 16.0 Å². The molecule has 0 radical (unpaired) electrons. The van der Waals surface area contributed by atoms with Crippen LogP contribution < -0.4 is 5.73 Å². The quantitative estimate of drug-likeness (QED) is 0.837. The summed E-state index contributed by atoms with van der Waals surface area (Å²) in [5.74, 6) is -0.132. The van der Waals surface area contributed by atoms with Gasteiger partial charge in [0.15, 0.2) is 0 Å². The molecule has 1 unspecified atom stereocenters. The van der Waals surface area contributed by atoms with Crippen LogP contribution in [0.3, 0.4) is 0 Å². The van der Waals surface area contributed by atoms with Crippen molar-refractivity contribution in [3.63, 3.8) is 0 Å². The number of benzene rings is 1. The first-order valence-electron chi connectivity index (χ1n) is 8.66. The molecule has 0 spiro atoms. The number of carbonyl (C=O) groups is 2. The van der Waals surface area contributed by atoms with E-state index in [1.807, 2.05) is 48.8 Å². The van der Waals surface area contributed by atoms with Crippen LogP contribution in [0.25, 0.3) is 0 Å². The number of halogens is 1. The standard InChI is InChI=1S/C19H29N3O2.ClH/c1-19(2,3)22-14-16(13-17(22)23)18(24)21(12-10-20)11-9-15-7-5-4-6-8-15;/h4-8,16H,9-14,20H2,1-3H3;1H.